The maximum Gasteiger partial charge on any atom is 0.282 e. The number of halogens is 4. The monoisotopic (exact) mass is 699 g/mol. The van der Waals surface area contributed by atoms with Crippen molar-refractivity contribution in [3.05, 3.63) is 27.9 Å². The Morgan fingerprint density at radius 1 is 1.02 bits per heavy atom. The summed E-state index contributed by atoms with van der Waals surface area (Å²) in [6, 6.07) is 0. The number of rotatable bonds is 10. The van der Waals surface area contributed by atoms with E-state index in [0.717, 1.165) is 36.4 Å². The highest BCUT2D eigenvalue weighted by Crippen LogP contribution is 2.45. The summed E-state index contributed by atoms with van der Waals surface area (Å²) < 4.78 is 52.7. The third-order valence-electron chi connectivity index (χ3n) is 8.84. The number of alkyl halides is 4. The summed E-state index contributed by atoms with van der Waals surface area (Å²) in [7, 11) is 0. The quantitative estimate of drug-likeness (QED) is 0.262. The van der Waals surface area contributed by atoms with Gasteiger partial charge >= 0.3 is 0 Å². The van der Waals surface area contributed by atoms with Crippen LogP contribution >= 0.6 is 34.4 Å². The molecule has 4 atom stereocenters. The fraction of sp³-hybridized carbons (Fsp3) is 0.643. The fourth-order valence-electron chi connectivity index (χ4n) is 6.47. The standard InChI is InChI=1S/C28H33F4N9O2S3/c29-27(30)9-16(10-27)19-5-4-17(33-19)7-20(42)35-24-39-37-22(45-24)14-2-1-3-15(6-14)23-38-40-25(46-23)36-21(43)8-18-11-44-26(34-18)41-12-28(31,32)13-41/h4,11,14-16,23,25,38,40H,1-3,5-10,12-13H2,(H,36,43)(H,35,39,42)/t14-,15-,23?,25?/m0/s1. The number of amides is 2. The number of aliphatic imine (C=N–C) groups is 1. The Morgan fingerprint density at radius 2 is 1.85 bits per heavy atom. The first kappa shape index (κ1) is 31.9. The van der Waals surface area contributed by atoms with Crippen molar-refractivity contribution in [2.24, 2.45) is 16.8 Å². The highest BCUT2D eigenvalue weighted by molar-refractivity contribution is 8.00. The molecule has 5 aliphatic rings. The fourth-order valence-corrected chi connectivity index (χ4v) is 9.44. The molecule has 0 aromatic carbocycles. The second-order valence-corrected chi connectivity index (χ2v) is 15.7. The Kier molecular flexibility index (Phi) is 8.84. The second-order valence-electron chi connectivity index (χ2n) is 12.6. The lowest BCUT2D eigenvalue weighted by Gasteiger charge is -2.38. The minimum absolute atomic E-state index is 0.0627. The summed E-state index contributed by atoms with van der Waals surface area (Å²) in [5.41, 5.74) is 8.03. The summed E-state index contributed by atoms with van der Waals surface area (Å²) >= 11 is 4.24. The smallest absolute Gasteiger partial charge is 0.282 e. The Bertz CT molecular complexity index is 1530. The van der Waals surface area contributed by atoms with Gasteiger partial charge in [0.2, 0.25) is 22.9 Å². The summed E-state index contributed by atoms with van der Waals surface area (Å²) in [4.78, 5) is 35.6. The number of carbonyl (C=O) groups is 2. The highest BCUT2D eigenvalue weighted by atomic mass is 32.2. The Labute approximate surface area is 274 Å². The third kappa shape index (κ3) is 7.40. The van der Waals surface area contributed by atoms with Crippen LogP contribution in [0.1, 0.15) is 68.0 Å². The van der Waals surface area contributed by atoms with Gasteiger partial charge in [-0.2, -0.15) is 0 Å². The largest absolute Gasteiger partial charge is 0.336 e. The molecule has 3 aliphatic heterocycles. The number of anilines is 2. The van der Waals surface area contributed by atoms with E-state index < -0.39 is 11.8 Å². The molecule has 0 radical (unpaired) electrons. The minimum atomic E-state index is -2.67. The van der Waals surface area contributed by atoms with Crippen molar-refractivity contribution in [2.75, 3.05) is 23.3 Å². The lowest BCUT2D eigenvalue weighted by molar-refractivity contribution is -0.121. The molecule has 2 aromatic heterocycles. The molecule has 2 aliphatic carbocycles. The Morgan fingerprint density at radius 3 is 2.63 bits per heavy atom. The van der Waals surface area contributed by atoms with Gasteiger partial charge in [-0.25, -0.2) is 33.4 Å². The van der Waals surface area contributed by atoms with E-state index in [9.17, 15) is 27.2 Å². The molecule has 4 fully saturated rings. The first-order valence-corrected chi connectivity index (χ1v) is 17.9. The zero-order chi connectivity index (χ0) is 32.1. The molecule has 11 nitrogen and oxygen atoms in total. The number of thioether (sulfide) groups is 1. The molecule has 5 heterocycles. The number of hydrogen-bond donors (Lipinski definition) is 4. The van der Waals surface area contributed by atoms with Crippen molar-refractivity contribution in [1.82, 2.24) is 31.3 Å². The second kappa shape index (κ2) is 12.7. The molecule has 2 aromatic rings. The number of nitrogens with one attached hydrogen (secondary N) is 4. The van der Waals surface area contributed by atoms with E-state index in [1.165, 1.54) is 27.6 Å². The first-order chi connectivity index (χ1) is 22.0. The SMILES string of the molecule is O=C(CC1=CCC(C2CC(F)(F)C2)=N1)Nc1nnc([C@H]2CCC[C@H](C3NNC(NC(=O)Cc4csc(N5CC(F)(F)C5)n4)S3)C2)s1. The van der Waals surface area contributed by atoms with Gasteiger partial charge in [0, 0.05) is 47.9 Å². The van der Waals surface area contributed by atoms with Gasteiger partial charge in [0.1, 0.15) is 10.5 Å². The van der Waals surface area contributed by atoms with Crippen LogP contribution in [-0.4, -0.2) is 68.5 Å². The van der Waals surface area contributed by atoms with E-state index >= 15 is 0 Å². The Hall–Kier alpha value is -2.67. The summed E-state index contributed by atoms with van der Waals surface area (Å²) in [6.45, 7) is -0.682. The maximum absolute atomic E-state index is 13.2. The van der Waals surface area contributed by atoms with Gasteiger partial charge in [0.05, 0.1) is 37.0 Å². The van der Waals surface area contributed by atoms with Crippen LogP contribution in [0.2, 0.25) is 0 Å². The van der Waals surface area contributed by atoms with E-state index in [0.29, 0.717) is 34.0 Å². The zero-order valence-corrected chi connectivity index (χ0v) is 27.1. The van der Waals surface area contributed by atoms with E-state index in [2.05, 4.69) is 41.7 Å². The van der Waals surface area contributed by atoms with Gasteiger partial charge in [-0.3, -0.25) is 14.6 Å². The van der Waals surface area contributed by atoms with Crippen LogP contribution in [0.25, 0.3) is 0 Å². The molecule has 18 heteroatoms. The minimum Gasteiger partial charge on any atom is -0.336 e. The van der Waals surface area contributed by atoms with Crippen LogP contribution in [0.5, 0.6) is 0 Å². The van der Waals surface area contributed by atoms with E-state index in [-0.39, 0.29) is 73.3 Å². The van der Waals surface area contributed by atoms with Gasteiger partial charge in [0.15, 0.2) is 5.13 Å². The van der Waals surface area contributed by atoms with Crippen LogP contribution in [0.4, 0.5) is 27.8 Å². The van der Waals surface area contributed by atoms with Crippen molar-refractivity contribution >= 4 is 62.2 Å². The number of nitrogens with zero attached hydrogens (tertiary/aromatic N) is 5. The van der Waals surface area contributed by atoms with Gasteiger partial charge in [0.25, 0.3) is 5.92 Å². The van der Waals surface area contributed by atoms with Gasteiger partial charge in [-0.05, 0) is 25.2 Å². The van der Waals surface area contributed by atoms with Gasteiger partial charge < -0.3 is 15.5 Å². The summed E-state index contributed by atoms with van der Waals surface area (Å²) in [6.07, 6.45) is 6.05. The van der Waals surface area contributed by atoms with Crippen LogP contribution in [0.3, 0.4) is 0 Å². The van der Waals surface area contributed by atoms with Gasteiger partial charge in [-0.1, -0.05) is 35.6 Å². The van der Waals surface area contributed by atoms with Crippen LogP contribution in [0.15, 0.2) is 22.1 Å². The molecule has 0 bridgehead atoms. The van der Waals surface area contributed by atoms with E-state index in [4.69, 9.17) is 0 Å². The first-order valence-electron chi connectivity index (χ1n) is 15.3. The van der Waals surface area contributed by atoms with Crippen molar-refractivity contribution in [3.63, 3.8) is 0 Å². The number of hydrazine groups is 1. The van der Waals surface area contributed by atoms with Crippen molar-refractivity contribution in [3.8, 4) is 0 Å². The number of hydrogen-bond acceptors (Lipinski definition) is 12. The summed E-state index contributed by atoms with van der Waals surface area (Å²) in [5.74, 6) is -5.41. The normalized spacial score (nSPS) is 28.7. The molecular weight excluding hydrogens is 667 g/mol. The zero-order valence-electron chi connectivity index (χ0n) is 24.6. The van der Waals surface area contributed by atoms with Crippen LogP contribution in [0, 0.1) is 11.8 Å². The average Bonchev–Trinajstić information content (AvgIpc) is 3.79. The maximum atomic E-state index is 13.2. The van der Waals surface area contributed by atoms with E-state index in [1.54, 1.807) is 17.1 Å². The summed E-state index contributed by atoms with van der Waals surface area (Å²) in [5, 5.41) is 18.0. The predicted molar refractivity (Wildman–Crippen MR) is 168 cm³/mol. The van der Waals surface area contributed by atoms with Crippen molar-refractivity contribution in [2.45, 2.75) is 86.4 Å². The van der Waals surface area contributed by atoms with E-state index in [1.807, 2.05) is 6.08 Å². The molecule has 248 valence electrons. The molecule has 2 saturated heterocycles. The molecule has 2 amide bonds. The van der Waals surface area contributed by atoms with Crippen LogP contribution < -0.4 is 26.4 Å². The molecule has 7 rings (SSSR count). The molecule has 0 spiro atoms. The van der Waals surface area contributed by atoms with Gasteiger partial charge in [-0.15, -0.1) is 21.5 Å². The molecule has 46 heavy (non-hydrogen) atoms. The lowest BCUT2D eigenvalue weighted by Crippen LogP contribution is -2.56. The third-order valence-corrected chi connectivity index (χ3v) is 12.1. The number of allylic oxidation sites excluding steroid dienone is 1. The highest BCUT2D eigenvalue weighted by Gasteiger charge is 2.48. The number of aromatic nitrogens is 3. The molecule has 2 unspecified atom stereocenters. The number of thiazole rings is 1. The van der Waals surface area contributed by atoms with Crippen LogP contribution in [-0.2, 0) is 16.0 Å². The molecular formula is C28H33F4N9O2S3. The molecule has 2 saturated carbocycles. The topological polar surface area (TPSA) is 137 Å². The average molecular weight is 700 g/mol. The lowest BCUT2D eigenvalue weighted by atomic mass is 9.77. The number of carbonyl (C=O) groups excluding carboxylic acids is 2. The Balaban J connectivity index is 0.846. The van der Waals surface area contributed by atoms with Crippen molar-refractivity contribution in [1.29, 1.82) is 0 Å². The molecule has 4 N–H and O–H groups in total. The predicted octanol–water partition coefficient (Wildman–Crippen LogP) is 4.64. The van der Waals surface area contributed by atoms with Crippen molar-refractivity contribution < 1.29 is 27.2 Å².